The summed E-state index contributed by atoms with van der Waals surface area (Å²) in [6.07, 6.45) is 0.740. The number of anilines is 1. The normalized spacial score (nSPS) is 10.3. The molecule has 2 nitrogen and oxygen atoms in total. The van der Waals surface area contributed by atoms with Gasteiger partial charge in [0.1, 0.15) is 5.82 Å². The minimum Gasteiger partial charge on any atom is -0.398 e. The minimum atomic E-state index is -0.524. The molecule has 2 aromatic rings. The average molecular weight is 243 g/mol. The van der Waals surface area contributed by atoms with Gasteiger partial charge in [-0.05, 0) is 30.2 Å². The van der Waals surface area contributed by atoms with Crippen molar-refractivity contribution < 1.29 is 9.18 Å². The van der Waals surface area contributed by atoms with Gasteiger partial charge in [-0.15, -0.1) is 0 Å². The molecule has 0 atom stereocenters. The highest BCUT2D eigenvalue weighted by atomic mass is 19.1. The maximum absolute atomic E-state index is 13.6. The maximum atomic E-state index is 13.6. The predicted octanol–water partition coefficient (Wildman–Crippen LogP) is 3.20. The van der Waals surface area contributed by atoms with Crippen LogP contribution in [0.5, 0.6) is 0 Å². The summed E-state index contributed by atoms with van der Waals surface area (Å²) in [6.45, 7) is 1.96. The van der Waals surface area contributed by atoms with E-state index in [2.05, 4.69) is 0 Å². The molecule has 0 heterocycles. The lowest BCUT2D eigenvalue weighted by atomic mass is 9.98. The largest absolute Gasteiger partial charge is 0.398 e. The molecular weight excluding hydrogens is 229 g/mol. The van der Waals surface area contributed by atoms with Crippen LogP contribution < -0.4 is 5.73 Å². The number of carbonyl (C=O) groups excluding carboxylic acids is 1. The lowest BCUT2D eigenvalue weighted by molar-refractivity contribution is 0.103. The van der Waals surface area contributed by atoms with Crippen LogP contribution in [0, 0.1) is 5.82 Å². The molecule has 0 aliphatic rings. The van der Waals surface area contributed by atoms with Crippen molar-refractivity contribution in [2.24, 2.45) is 0 Å². The highest BCUT2D eigenvalue weighted by Gasteiger charge is 2.16. The van der Waals surface area contributed by atoms with Gasteiger partial charge >= 0.3 is 0 Å². The fourth-order valence-electron chi connectivity index (χ4n) is 1.91. The molecule has 18 heavy (non-hydrogen) atoms. The van der Waals surface area contributed by atoms with Gasteiger partial charge in [0, 0.05) is 11.3 Å². The lowest BCUT2D eigenvalue weighted by Gasteiger charge is -2.09. The number of halogens is 1. The Morgan fingerprint density at radius 1 is 1.11 bits per heavy atom. The molecule has 0 saturated carbocycles. The second-order valence-corrected chi connectivity index (χ2v) is 4.04. The quantitative estimate of drug-likeness (QED) is 0.664. The number of rotatable bonds is 3. The topological polar surface area (TPSA) is 43.1 Å². The molecule has 0 radical (unpaired) electrons. The van der Waals surface area contributed by atoms with Gasteiger partial charge < -0.3 is 5.73 Å². The summed E-state index contributed by atoms with van der Waals surface area (Å²) in [5, 5.41) is 0. The number of aryl methyl sites for hydroxylation is 1. The Kier molecular flexibility index (Phi) is 3.42. The summed E-state index contributed by atoms with van der Waals surface area (Å²) in [5.74, 6) is -0.898. The number of hydrogen-bond donors (Lipinski definition) is 1. The predicted molar refractivity (Wildman–Crippen MR) is 70.1 cm³/mol. The molecule has 0 aliphatic heterocycles. The molecule has 0 bridgehead atoms. The second-order valence-electron chi connectivity index (χ2n) is 4.04. The fourth-order valence-corrected chi connectivity index (χ4v) is 1.91. The van der Waals surface area contributed by atoms with Crippen LogP contribution in [0.3, 0.4) is 0 Å². The smallest absolute Gasteiger partial charge is 0.198 e. The van der Waals surface area contributed by atoms with E-state index in [-0.39, 0.29) is 11.3 Å². The molecule has 0 unspecified atom stereocenters. The van der Waals surface area contributed by atoms with Gasteiger partial charge in [0.25, 0.3) is 0 Å². The van der Waals surface area contributed by atoms with Gasteiger partial charge in [0.2, 0.25) is 0 Å². The third-order valence-electron chi connectivity index (χ3n) is 2.94. The van der Waals surface area contributed by atoms with Crippen molar-refractivity contribution in [3.05, 3.63) is 65.0 Å². The molecule has 0 spiro atoms. The van der Waals surface area contributed by atoms with Crippen molar-refractivity contribution in [1.82, 2.24) is 0 Å². The van der Waals surface area contributed by atoms with Crippen LogP contribution in [-0.4, -0.2) is 5.78 Å². The molecule has 0 amide bonds. The van der Waals surface area contributed by atoms with Crippen LogP contribution in [0.4, 0.5) is 10.1 Å². The van der Waals surface area contributed by atoms with Gasteiger partial charge in [-0.2, -0.15) is 0 Å². The molecule has 2 rings (SSSR count). The zero-order chi connectivity index (χ0) is 13.1. The average Bonchev–Trinajstić information content (AvgIpc) is 2.39. The Balaban J connectivity index is 2.50. The molecular formula is C15H14FNO. The van der Waals surface area contributed by atoms with E-state index in [1.54, 1.807) is 24.3 Å². The van der Waals surface area contributed by atoms with Crippen LogP contribution in [0.2, 0.25) is 0 Å². The highest BCUT2D eigenvalue weighted by Crippen LogP contribution is 2.22. The summed E-state index contributed by atoms with van der Waals surface area (Å²) in [5.41, 5.74) is 7.69. The Morgan fingerprint density at radius 2 is 1.78 bits per heavy atom. The van der Waals surface area contributed by atoms with Crippen molar-refractivity contribution in [3.8, 4) is 0 Å². The minimum absolute atomic E-state index is 0.0532. The van der Waals surface area contributed by atoms with Crippen LogP contribution in [0.1, 0.15) is 28.4 Å². The van der Waals surface area contributed by atoms with E-state index >= 15 is 0 Å². The Bertz CT molecular complexity index is 593. The van der Waals surface area contributed by atoms with E-state index in [1.807, 2.05) is 13.0 Å². The van der Waals surface area contributed by atoms with Gasteiger partial charge in [-0.25, -0.2) is 4.39 Å². The summed E-state index contributed by atoms with van der Waals surface area (Å²) >= 11 is 0. The number of ketones is 1. The number of carbonyl (C=O) groups is 1. The SMILES string of the molecule is CCc1cccc(C(=O)c2ccccc2F)c1N. The maximum Gasteiger partial charge on any atom is 0.198 e. The Hall–Kier alpha value is -2.16. The molecule has 0 saturated heterocycles. The third-order valence-corrected chi connectivity index (χ3v) is 2.94. The number of nitrogen functional groups attached to an aromatic ring is 1. The number of benzene rings is 2. The Morgan fingerprint density at radius 3 is 2.44 bits per heavy atom. The first-order valence-electron chi connectivity index (χ1n) is 5.81. The number of nitrogens with two attached hydrogens (primary N) is 1. The van der Waals surface area contributed by atoms with Crippen molar-refractivity contribution in [1.29, 1.82) is 0 Å². The van der Waals surface area contributed by atoms with Crippen molar-refractivity contribution in [2.45, 2.75) is 13.3 Å². The molecule has 2 N–H and O–H groups in total. The zero-order valence-electron chi connectivity index (χ0n) is 10.1. The molecule has 92 valence electrons. The lowest BCUT2D eigenvalue weighted by Crippen LogP contribution is -2.09. The third kappa shape index (κ3) is 2.12. The number of hydrogen-bond acceptors (Lipinski definition) is 2. The van der Waals surface area contributed by atoms with Gasteiger partial charge in [0.15, 0.2) is 5.78 Å². The van der Waals surface area contributed by atoms with E-state index in [0.29, 0.717) is 11.3 Å². The van der Waals surface area contributed by atoms with Gasteiger partial charge in [-0.1, -0.05) is 31.2 Å². The van der Waals surface area contributed by atoms with Crippen molar-refractivity contribution in [2.75, 3.05) is 5.73 Å². The van der Waals surface area contributed by atoms with Crippen LogP contribution in [0.25, 0.3) is 0 Å². The highest BCUT2D eigenvalue weighted by molar-refractivity contribution is 6.12. The van der Waals surface area contributed by atoms with Crippen LogP contribution >= 0.6 is 0 Å². The van der Waals surface area contributed by atoms with E-state index in [0.717, 1.165) is 12.0 Å². The summed E-state index contributed by atoms with van der Waals surface area (Å²) in [4.78, 5) is 12.2. The second kappa shape index (κ2) is 5.00. The Labute approximate surface area is 105 Å². The van der Waals surface area contributed by atoms with E-state index in [9.17, 15) is 9.18 Å². The van der Waals surface area contributed by atoms with E-state index in [1.165, 1.54) is 12.1 Å². The number of para-hydroxylation sites is 1. The summed E-state index contributed by atoms with van der Waals surface area (Å²) in [6, 6.07) is 11.2. The molecule has 0 aliphatic carbocycles. The van der Waals surface area contributed by atoms with Crippen molar-refractivity contribution in [3.63, 3.8) is 0 Å². The van der Waals surface area contributed by atoms with Gasteiger partial charge in [-0.3, -0.25) is 4.79 Å². The standard InChI is InChI=1S/C15H14FNO/c1-2-10-6-5-8-12(14(10)17)15(18)11-7-3-4-9-13(11)16/h3-9H,2,17H2,1H3. The van der Waals surface area contributed by atoms with E-state index < -0.39 is 5.82 Å². The zero-order valence-corrected chi connectivity index (χ0v) is 10.1. The van der Waals surface area contributed by atoms with Crippen LogP contribution in [0.15, 0.2) is 42.5 Å². The summed E-state index contributed by atoms with van der Waals surface area (Å²) < 4.78 is 13.6. The molecule has 0 fully saturated rings. The first-order valence-corrected chi connectivity index (χ1v) is 5.81. The van der Waals surface area contributed by atoms with Crippen LogP contribution in [-0.2, 0) is 6.42 Å². The first kappa shape index (κ1) is 12.3. The first-order chi connectivity index (χ1) is 8.65. The van der Waals surface area contributed by atoms with Crippen molar-refractivity contribution >= 4 is 11.5 Å². The van der Waals surface area contributed by atoms with Gasteiger partial charge in [0.05, 0.1) is 5.56 Å². The van der Waals surface area contributed by atoms with E-state index in [4.69, 9.17) is 5.73 Å². The summed E-state index contributed by atoms with van der Waals surface area (Å²) in [7, 11) is 0. The molecule has 0 aromatic heterocycles. The monoisotopic (exact) mass is 243 g/mol. The molecule has 3 heteroatoms. The fraction of sp³-hybridized carbons (Fsp3) is 0.133. The molecule has 2 aromatic carbocycles.